The van der Waals surface area contributed by atoms with Crippen molar-refractivity contribution in [1.29, 1.82) is 0 Å². The second kappa shape index (κ2) is 10.6. The molecule has 0 aliphatic carbocycles. The van der Waals surface area contributed by atoms with Crippen molar-refractivity contribution in [2.24, 2.45) is 14.1 Å². The summed E-state index contributed by atoms with van der Waals surface area (Å²) in [5.41, 5.74) is 1.36. The minimum absolute atomic E-state index is 0.0846. The fraction of sp³-hybridized carbons (Fsp3) is 0.435. The number of hydrogen-bond acceptors (Lipinski definition) is 6. The number of carbonyl (C=O) groups excluding carboxylic acids is 1. The maximum atomic E-state index is 12.8. The molecule has 0 unspecified atom stereocenters. The summed E-state index contributed by atoms with van der Waals surface area (Å²) in [6, 6.07) is 7.85. The molecular weight excluding hydrogens is 426 g/mol. The van der Waals surface area contributed by atoms with Gasteiger partial charge in [0.15, 0.2) is 5.65 Å². The van der Waals surface area contributed by atoms with Gasteiger partial charge in [0.2, 0.25) is 5.91 Å². The number of unbranched alkanes of at least 4 members (excludes halogenated alkanes) is 1. The van der Waals surface area contributed by atoms with Crippen LogP contribution in [0.15, 0.2) is 38.9 Å². The van der Waals surface area contributed by atoms with Crippen molar-refractivity contribution in [2.75, 3.05) is 11.1 Å². The highest BCUT2D eigenvalue weighted by molar-refractivity contribution is 8.00. The molecule has 0 aliphatic rings. The van der Waals surface area contributed by atoms with E-state index < -0.39 is 11.2 Å². The first-order valence-electron chi connectivity index (χ1n) is 10.8. The minimum atomic E-state index is -0.461. The Kier molecular flexibility index (Phi) is 7.84. The van der Waals surface area contributed by atoms with Gasteiger partial charge < -0.3 is 5.32 Å². The molecule has 3 aromatic rings. The third-order valence-corrected chi connectivity index (χ3v) is 6.16. The normalized spacial score (nSPS) is 11.1. The molecule has 32 heavy (non-hydrogen) atoms. The van der Waals surface area contributed by atoms with Gasteiger partial charge in [-0.3, -0.25) is 18.7 Å². The smallest absolute Gasteiger partial charge is 0.325 e. The van der Waals surface area contributed by atoms with Crippen LogP contribution < -0.4 is 16.6 Å². The first kappa shape index (κ1) is 23.7. The van der Waals surface area contributed by atoms with E-state index in [4.69, 9.17) is 0 Å². The summed E-state index contributed by atoms with van der Waals surface area (Å²) < 4.78 is 2.39. The van der Waals surface area contributed by atoms with Crippen molar-refractivity contribution in [3.8, 4) is 0 Å². The van der Waals surface area contributed by atoms with Crippen LogP contribution in [0.25, 0.3) is 11.0 Å². The van der Waals surface area contributed by atoms with Crippen molar-refractivity contribution in [1.82, 2.24) is 19.1 Å². The number of aryl methyl sites for hydroxylation is 3. The topological polar surface area (TPSA) is 98.9 Å². The van der Waals surface area contributed by atoms with Gasteiger partial charge in [-0.05, 0) is 37.0 Å². The largest absolute Gasteiger partial charge is 0.332 e. The van der Waals surface area contributed by atoms with E-state index in [0.29, 0.717) is 22.9 Å². The van der Waals surface area contributed by atoms with E-state index >= 15 is 0 Å². The van der Waals surface area contributed by atoms with Gasteiger partial charge in [-0.2, -0.15) is 0 Å². The van der Waals surface area contributed by atoms with Gasteiger partial charge >= 0.3 is 5.69 Å². The Morgan fingerprint density at radius 1 is 1.00 bits per heavy atom. The van der Waals surface area contributed by atoms with E-state index in [0.717, 1.165) is 35.9 Å². The summed E-state index contributed by atoms with van der Waals surface area (Å²) in [7, 11) is 3.01. The third kappa shape index (κ3) is 5.27. The quantitative estimate of drug-likeness (QED) is 0.393. The molecule has 170 valence electrons. The molecule has 2 aromatic heterocycles. The van der Waals surface area contributed by atoms with E-state index in [2.05, 4.69) is 22.2 Å². The van der Waals surface area contributed by atoms with Gasteiger partial charge in [0.1, 0.15) is 16.2 Å². The number of benzene rings is 1. The van der Waals surface area contributed by atoms with Crippen molar-refractivity contribution in [2.45, 2.75) is 51.0 Å². The number of fused-ring (bicyclic) bond motifs is 1. The molecule has 0 spiro atoms. The summed E-state index contributed by atoms with van der Waals surface area (Å²) >= 11 is 1.18. The van der Waals surface area contributed by atoms with Crippen LogP contribution in [0, 0.1) is 0 Å². The Labute approximate surface area is 191 Å². The molecule has 0 atom stereocenters. The Morgan fingerprint density at radius 3 is 2.38 bits per heavy atom. The standard InChI is InChI=1S/C23H29N5O3S/c1-5-7-9-15-10-12-16(13-11-15)24-18(29)14-32-21-19-20(25-17(26-21)8-6-2)27(3)23(31)28(4)22(19)30/h10-13H,5-9,14H2,1-4H3,(H,24,29). The van der Waals surface area contributed by atoms with Crippen molar-refractivity contribution < 1.29 is 4.79 Å². The van der Waals surface area contributed by atoms with Crippen molar-refractivity contribution in [3.05, 3.63) is 56.5 Å². The maximum Gasteiger partial charge on any atom is 0.332 e. The Morgan fingerprint density at radius 2 is 1.72 bits per heavy atom. The van der Waals surface area contributed by atoms with E-state index in [9.17, 15) is 14.4 Å². The van der Waals surface area contributed by atoms with Crippen LogP contribution in [0.1, 0.15) is 44.5 Å². The number of thioether (sulfide) groups is 1. The number of rotatable bonds is 9. The summed E-state index contributed by atoms with van der Waals surface area (Å²) in [5.74, 6) is 0.442. The van der Waals surface area contributed by atoms with Crippen LogP contribution in [0.2, 0.25) is 0 Å². The van der Waals surface area contributed by atoms with Gasteiger partial charge in [0.25, 0.3) is 5.56 Å². The predicted molar refractivity (Wildman–Crippen MR) is 128 cm³/mol. The Hall–Kier alpha value is -2.94. The molecule has 0 saturated carbocycles. The molecule has 9 heteroatoms. The van der Waals surface area contributed by atoms with Gasteiger partial charge in [0, 0.05) is 26.2 Å². The molecule has 1 amide bonds. The van der Waals surface area contributed by atoms with E-state index in [1.54, 1.807) is 7.05 Å². The van der Waals surface area contributed by atoms with Crippen LogP contribution >= 0.6 is 11.8 Å². The zero-order valence-corrected chi connectivity index (χ0v) is 19.8. The number of anilines is 1. The van der Waals surface area contributed by atoms with Gasteiger partial charge in [0.05, 0.1) is 5.75 Å². The van der Waals surface area contributed by atoms with E-state index in [1.165, 1.54) is 28.9 Å². The van der Waals surface area contributed by atoms with Crippen LogP contribution in [-0.2, 0) is 31.7 Å². The molecule has 3 rings (SSSR count). The van der Waals surface area contributed by atoms with Gasteiger partial charge in [-0.1, -0.05) is 44.2 Å². The lowest BCUT2D eigenvalue weighted by atomic mass is 10.1. The molecule has 2 heterocycles. The zero-order chi connectivity index (χ0) is 23.3. The second-order valence-electron chi connectivity index (χ2n) is 7.74. The maximum absolute atomic E-state index is 12.8. The van der Waals surface area contributed by atoms with Gasteiger partial charge in [-0.25, -0.2) is 14.8 Å². The van der Waals surface area contributed by atoms with E-state index in [-0.39, 0.29) is 17.0 Å². The highest BCUT2D eigenvalue weighted by atomic mass is 32.2. The summed E-state index contributed by atoms with van der Waals surface area (Å²) in [6.07, 6.45) is 4.75. The first-order chi connectivity index (χ1) is 15.3. The highest BCUT2D eigenvalue weighted by Gasteiger charge is 2.18. The second-order valence-corrected chi connectivity index (χ2v) is 8.70. The number of nitrogens with zero attached hydrogens (tertiary/aromatic N) is 4. The van der Waals surface area contributed by atoms with Crippen LogP contribution in [0.3, 0.4) is 0 Å². The molecule has 1 N–H and O–H groups in total. The molecule has 0 radical (unpaired) electrons. The lowest BCUT2D eigenvalue weighted by Crippen LogP contribution is -2.38. The molecule has 8 nitrogen and oxygen atoms in total. The first-order valence-corrected chi connectivity index (χ1v) is 11.8. The summed E-state index contributed by atoms with van der Waals surface area (Å²) in [6.45, 7) is 4.16. The minimum Gasteiger partial charge on any atom is -0.325 e. The number of hydrogen-bond donors (Lipinski definition) is 1. The number of carbonyl (C=O) groups is 1. The fourth-order valence-electron chi connectivity index (χ4n) is 3.38. The van der Waals surface area contributed by atoms with Crippen LogP contribution in [-0.4, -0.2) is 30.8 Å². The molecule has 0 aliphatic heterocycles. The predicted octanol–water partition coefficient (Wildman–Crippen LogP) is 3.05. The zero-order valence-electron chi connectivity index (χ0n) is 19.0. The average molecular weight is 456 g/mol. The highest BCUT2D eigenvalue weighted by Crippen LogP contribution is 2.23. The van der Waals surface area contributed by atoms with Crippen molar-refractivity contribution >= 4 is 34.4 Å². The average Bonchev–Trinajstić information content (AvgIpc) is 2.79. The van der Waals surface area contributed by atoms with Crippen LogP contribution in [0.4, 0.5) is 5.69 Å². The van der Waals surface area contributed by atoms with Crippen LogP contribution in [0.5, 0.6) is 0 Å². The lowest BCUT2D eigenvalue weighted by Gasteiger charge is -2.12. The molecule has 0 saturated heterocycles. The lowest BCUT2D eigenvalue weighted by molar-refractivity contribution is -0.113. The summed E-state index contributed by atoms with van der Waals surface area (Å²) in [5, 5.41) is 3.56. The fourth-order valence-corrected chi connectivity index (χ4v) is 4.21. The number of aromatic nitrogens is 4. The number of nitrogens with one attached hydrogen (secondary N) is 1. The third-order valence-electron chi connectivity index (χ3n) is 5.18. The van der Waals surface area contributed by atoms with Gasteiger partial charge in [-0.15, -0.1) is 0 Å². The molecule has 1 aromatic carbocycles. The Bertz CT molecular complexity index is 1230. The molecular formula is C23H29N5O3S. The SMILES string of the molecule is CCCCc1ccc(NC(=O)CSc2nc(CCC)nc3c2c(=O)n(C)c(=O)n3C)cc1. The summed E-state index contributed by atoms with van der Waals surface area (Å²) in [4.78, 5) is 46.6. The monoisotopic (exact) mass is 455 g/mol. The van der Waals surface area contributed by atoms with E-state index in [1.807, 2.05) is 31.2 Å². The van der Waals surface area contributed by atoms with Crippen molar-refractivity contribution in [3.63, 3.8) is 0 Å². The molecule has 0 bridgehead atoms. The number of amides is 1. The Balaban J connectivity index is 1.82. The molecule has 0 fully saturated rings.